The molecule has 0 amide bonds. The molecule has 0 fully saturated rings. The summed E-state index contributed by atoms with van der Waals surface area (Å²) in [6.07, 6.45) is -0.660. The molecule has 0 saturated carbocycles. The van der Waals surface area contributed by atoms with E-state index in [0.29, 0.717) is 5.92 Å². The molecular weight excluding hydrogens is 202 g/mol. The van der Waals surface area contributed by atoms with Gasteiger partial charge < -0.3 is 15.6 Å². The van der Waals surface area contributed by atoms with E-state index in [1.807, 2.05) is 19.1 Å². The maximum absolute atomic E-state index is 9.99. The summed E-state index contributed by atoms with van der Waals surface area (Å²) < 4.78 is 5.37. The van der Waals surface area contributed by atoms with Gasteiger partial charge in [0, 0.05) is 12.1 Å². The lowest BCUT2D eigenvalue weighted by molar-refractivity contribution is 0.180. The van der Waals surface area contributed by atoms with E-state index in [0.717, 1.165) is 22.4 Å². The van der Waals surface area contributed by atoms with E-state index < -0.39 is 6.10 Å². The van der Waals surface area contributed by atoms with Crippen molar-refractivity contribution in [3.05, 3.63) is 28.8 Å². The topological polar surface area (TPSA) is 55.5 Å². The summed E-state index contributed by atoms with van der Waals surface area (Å²) in [5.41, 5.74) is 8.49. The van der Waals surface area contributed by atoms with E-state index in [1.165, 1.54) is 0 Å². The van der Waals surface area contributed by atoms with Crippen LogP contribution in [0.5, 0.6) is 5.75 Å². The number of aliphatic hydroxyl groups is 1. The fourth-order valence-corrected chi connectivity index (χ4v) is 1.96. The van der Waals surface area contributed by atoms with Crippen molar-refractivity contribution in [2.75, 3.05) is 13.7 Å². The van der Waals surface area contributed by atoms with E-state index in [4.69, 9.17) is 10.5 Å². The van der Waals surface area contributed by atoms with E-state index in [-0.39, 0.29) is 6.54 Å². The third-order valence-electron chi connectivity index (χ3n) is 2.81. The third-order valence-corrected chi connectivity index (χ3v) is 2.81. The summed E-state index contributed by atoms with van der Waals surface area (Å²) in [7, 11) is 1.62. The molecule has 0 heterocycles. The minimum absolute atomic E-state index is 0.208. The maximum atomic E-state index is 9.99. The normalized spacial score (nSPS) is 12.9. The first kappa shape index (κ1) is 13.0. The van der Waals surface area contributed by atoms with Crippen molar-refractivity contribution in [1.29, 1.82) is 0 Å². The maximum Gasteiger partial charge on any atom is 0.127 e. The van der Waals surface area contributed by atoms with Crippen molar-refractivity contribution in [3.8, 4) is 5.75 Å². The average molecular weight is 223 g/mol. The van der Waals surface area contributed by atoms with Gasteiger partial charge in [0.05, 0.1) is 13.2 Å². The van der Waals surface area contributed by atoms with Crippen LogP contribution in [-0.4, -0.2) is 18.8 Å². The van der Waals surface area contributed by atoms with Gasteiger partial charge in [-0.2, -0.15) is 0 Å². The Morgan fingerprint density at radius 3 is 2.44 bits per heavy atom. The molecule has 0 aliphatic rings. The Morgan fingerprint density at radius 2 is 2.00 bits per heavy atom. The van der Waals surface area contributed by atoms with Crippen LogP contribution in [0.15, 0.2) is 12.1 Å². The highest BCUT2D eigenvalue weighted by Crippen LogP contribution is 2.35. The summed E-state index contributed by atoms with van der Waals surface area (Å²) in [6, 6.07) is 4.05. The van der Waals surface area contributed by atoms with Crippen LogP contribution < -0.4 is 10.5 Å². The van der Waals surface area contributed by atoms with Crippen LogP contribution in [0.2, 0.25) is 0 Å². The molecule has 0 radical (unpaired) electrons. The van der Waals surface area contributed by atoms with Crippen LogP contribution in [0.1, 0.15) is 42.6 Å². The van der Waals surface area contributed by atoms with Gasteiger partial charge in [-0.3, -0.25) is 0 Å². The Hall–Kier alpha value is -1.06. The first-order valence-corrected chi connectivity index (χ1v) is 5.58. The van der Waals surface area contributed by atoms with Gasteiger partial charge in [-0.05, 0) is 24.0 Å². The van der Waals surface area contributed by atoms with Gasteiger partial charge in [-0.15, -0.1) is 0 Å². The zero-order valence-electron chi connectivity index (χ0n) is 10.4. The Labute approximate surface area is 97.2 Å². The minimum Gasteiger partial charge on any atom is -0.496 e. The highest BCUT2D eigenvalue weighted by atomic mass is 16.5. The number of hydrogen-bond acceptors (Lipinski definition) is 3. The zero-order chi connectivity index (χ0) is 12.3. The van der Waals surface area contributed by atoms with Gasteiger partial charge >= 0.3 is 0 Å². The highest BCUT2D eigenvalue weighted by Gasteiger charge is 2.19. The van der Waals surface area contributed by atoms with Gasteiger partial charge in [0.2, 0.25) is 0 Å². The van der Waals surface area contributed by atoms with Crippen LogP contribution in [0.4, 0.5) is 0 Å². The zero-order valence-corrected chi connectivity index (χ0v) is 10.4. The molecule has 0 aliphatic heterocycles. The molecule has 0 aliphatic carbocycles. The molecule has 0 saturated heterocycles. The molecule has 0 aromatic heterocycles. The van der Waals surface area contributed by atoms with Crippen LogP contribution in [0, 0.1) is 6.92 Å². The minimum atomic E-state index is -0.660. The number of rotatable bonds is 4. The Morgan fingerprint density at radius 1 is 1.38 bits per heavy atom. The summed E-state index contributed by atoms with van der Waals surface area (Å²) in [4.78, 5) is 0. The summed E-state index contributed by atoms with van der Waals surface area (Å²) in [6.45, 7) is 6.36. The first-order valence-electron chi connectivity index (χ1n) is 5.58. The van der Waals surface area contributed by atoms with E-state index in [2.05, 4.69) is 13.8 Å². The molecule has 1 atom stereocenters. The Kier molecular flexibility index (Phi) is 4.33. The molecular formula is C13H21NO2. The molecule has 3 N–H and O–H groups in total. The van der Waals surface area contributed by atoms with E-state index in [9.17, 15) is 5.11 Å². The summed E-state index contributed by atoms with van der Waals surface area (Å²) in [5, 5.41) is 9.99. The van der Waals surface area contributed by atoms with Gasteiger partial charge in [0.25, 0.3) is 0 Å². The molecule has 1 aromatic rings. The number of hydrogen-bond donors (Lipinski definition) is 2. The average Bonchev–Trinajstić information content (AvgIpc) is 2.27. The monoisotopic (exact) mass is 223 g/mol. The number of benzene rings is 1. The number of aryl methyl sites for hydroxylation is 1. The molecule has 90 valence electrons. The summed E-state index contributed by atoms with van der Waals surface area (Å²) in [5.74, 6) is 1.09. The molecule has 1 rings (SSSR count). The SMILES string of the molecule is COc1c(C)ccc(C(C)C)c1C(O)CN. The predicted molar refractivity (Wildman–Crippen MR) is 65.8 cm³/mol. The molecule has 3 nitrogen and oxygen atoms in total. The number of nitrogens with two attached hydrogens (primary N) is 1. The van der Waals surface area contributed by atoms with Crippen molar-refractivity contribution in [2.24, 2.45) is 5.73 Å². The van der Waals surface area contributed by atoms with E-state index >= 15 is 0 Å². The van der Waals surface area contributed by atoms with Crippen LogP contribution >= 0.6 is 0 Å². The van der Waals surface area contributed by atoms with Gasteiger partial charge in [0.1, 0.15) is 5.75 Å². The molecule has 0 bridgehead atoms. The summed E-state index contributed by atoms with van der Waals surface area (Å²) >= 11 is 0. The Bertz CT molecular complexity index is 361. The quantitative estimate of drug-likeness (QED) is 0.822. The first-order chi connectivity index (χ1) is 7.52. The number of ether oxygens (including phenoxy) is 1. The lowest BCUT2D eigenvalue weighted by Crippen LogP contribution is -2.15. The Balaban J connectivity index is 3.41. The second-order valence-corrected chi connectivity index (χ2v) is 4.32. The van der Waals surface area contributed by atoms with Gasteiger partial charge in [-0.1, -0.05) is 26.0 Å². The van der Waals surface area contributed by atoms with Crippen LogP contribution in [0.25, 0.3) is 0 Å². The van der Waals surface area contributed by atoms with Gasteiger partial charge in [0.15, 0.2) is 0 Å². The highest BCUT2D eigenvalue weighted by molar-refractivity contribution is 5.48. The van der Waals surface area contributed by atoms with Crippen LogP contribution in [0.3, 0.4) is 0 Å². The fourth-order valence-electron chi connectivity index (χ4n) is 1.96. The predicted octanol–water partition coefficient (Wildman–Crippen LogP) is 2.12. The number of methoxy groups -OCH3 is 1. The standard InChI is InChI=1S/C13H21NO2/c1-8(2)10-6-5-9(3)13(16-4)12(10)11(15)7-14/h5-6,8,11,15H,7,14H2,1-4H3. The third kappa shape index (κ3) is 2.36. The van der Waals surface area contributed by atoms with Crippen molar-refractivity contribution in [1.82, 2.24) is 0 Å². The van der Waals surface area contributed by atoms with Gasteiger partial charge in [-0.25, -0.2) is 0 Å². The number of aliphatic hydroxyl groups excluding tert-OH is 1. The second kappa shape index (κ2) is 5.32. The smallest absolute Gasteiger partial charge is 0.127 e. The van der Waals surface area contributed by atoms with Crippen molar-refractivity contribution in [2.45, 2.75) is 32.8 Å². The molecule has 0 spiro atoms. The van der Waals surface area contributed by atoms with Crippen molar-refractivity contribution >= 4 is 0 Å². The van der Waals surface area contributed by atoms with Crippen molar-refractivity contribution in [3.63, 3.8) is 0 Å². The molecule has 3 heteroatoms. The van der Waals surface area contributed by atoms with Crippen LogP contribution in [-0.2, 0) is 0 Å². The molecule has 1 aromatic carbocycles. The van der Waals surface area contributed by atoms with E-state index in [1.54, 1.807) is 7.11 Å². The second-order valence-electron chi connectivity index (χ2n) is 4.32. The fraction of sp³-hybridized carbons (Fsp3) is 0.538. The lowest BCUT2D eigenvalue weighted by atomic mass is 9.91. The molecule has 1 unspecified atom stereocenters. The van der Waals surface area contributed by atoms with Crippen molar-refractivity contribution < 1.29 is 9.84 Å². The molecule has 16 heavy (non-hydrogen) atoms. The largest absolute Gasteiger partial charge is 0.496 e. The lowest BCUT2D eigenvalue weighted by Gasteiger charge is -2.21.